The second kappa shape index (κ2) is 2.94. The molecule has 0 aliphatic heterocycles. The summed E-state index contributed by atoms with van der Waals surface area (Å²) in [4.78, 5) is 3.16. The molecule has 0 radical (unpaired) electrons. The lowest BCUT2D eigenvalue weighted by Gasteiger charge is -1.89. The normalized spacial score (nSPS) is 12.2. The number of hydrogen-bond acceptors (Lipinski definition) is 2. The largest absolute Gasteiger partial charge is 0.411 e. The number of H-pyrrole nitrogens is 1. The van der Waals surface area contributed by atoms with Gasteiger partial charge >= 0.3 is 0 Å². The molecule has 0 aliphatic carbocycles. The van der Waals surface area contributed by atoms with Crippen LogP contribution in [-0.4, -0.2) is 15.9 Å². The summed E-state index contributed by atoms with van der Waals surface area (Å²) in [5, 5.41) is 12.8. The van der Waals surface area contributed by atoms with Crippen molar-refractivity contribution in [2.24, 2.45) is 5.16 Å². The van der Waals surface area contributed by atoms with Crippen LogP contribution in [0.5, 0.6) is 0 Å². The van der Waals surface area contributed by atoms with Crippen molar-refractivity contribution in [3.05, 3.63) is 36.0 Å². The predicted octanol–water partition coefficient (Wildman–Crippen LogP) is 2.37. The van der Waals surface area contributed by atoms with Gasteiger partial charge in [0.1, 0.15) is 0 Å². The van der Waals surface area contributed by atoms with Crippen LogP contribution in [0.4, 0.5) is 0 Å². The van der Waals surface area contributed by atoms with E-state index in [2.05, 4.69) is 10.1 Å². The third kappa shape index (κ3) is 1.28. The van der Waals surface area contributed by atoms with Crippen LogP contribution in [0.3, 0.4) is 0 Å². The summed E-state index contributed by atoms with van der Waals surface area (Å²) < 4.78 is 0. The Bertz CT molecular complexity index is 424. The molecule has 0 atom stereocenters. The molecule has 2 rings (SSSR count). The van der Waals surface area contributed by atoms with Gasteiger partial charge in [0.05, 0.1) is 11.4 Å². The quantitative estimate of drug-likeness (QED) is 0.389. The molecule has 3 nitrogen and oxygen atoms in total. The van der Waals surface area contributed by atoms with Gasteiger partial charge in [-0.15, -0.1) is 0 Å². The molecular weight excluding hydrogens is 164 g/mol. The molecule has 1 aromatic carbocycles. The Balaban J connectivity index is 2.62. The molecule has 0 spiro atoms. The van der Waals surface area contributed by atoms with E-state index in [-0.39, 0.29) is 0 Å². The minimum absolute atomic E-state index is 0.594. The number of nitrogens with one attached hydrogen (secondary N) is 1. The number of para-hydroxylation sites is 1. The van der Waals surface area contributed by atoms with Crippen molar-refractivity contribution in [2.75, 3.05) is 0 Å². The molecule has 0 saturated carbocycles. The monoisotopic (exact) mass is 174 g/mol. The number of rotatable bonds is 1. The van der Waals surface area contributed by atoms with E-state index >= 15 is 0 Å². The average Bonchev–Trinajstić information content (AvgIpc) is 2.59. The number of aromatic amines is 1. The fourth-order valence-corrected chi connectivity index (χ4v) is 1.32. The van der Waals surface area contributed by atoms with Gasteiger partial charge in [-0.3, -0.25) is 0 Å². The molecular formula is C10H10N2O. The van der Waals surface area contributed by atoms with Crippen LogP contribution < -0.4 is 0 Å². The molecule has 2 N–H and O–H groups in total. The fourth-order valence-electron chi connectivity index (χ4n) is 1.32. The van der Waals surface area contributed by atoms with Crippen molar-refractivity contribution in [3.63, 3.8) is 0 Å². The van der Waals surface area contributed by atoms with Gasteiger partial charge in [0.15, 0.2) is 0 Å². The first-order valence-electron chi connectivity index (χ1n) is 4.08. The highest BCUT2D eigenvalue weighted by Crippen LogP contribution is 2.14. The standard InChI is InChI=1S/C10H10N2O/c1-7(12-13)10-6-8-4-2-3-5-9(8)11-10/h2-6,11,13H,1H3. The van der Waals surface area contributed by atoms with Crippen LogP contribution in [0.25, 0.3) is 10.9 Å². The minimum atomic E-state index is 0.594. The SMILES string of the molecule is CC(=NO)c1cc2ccccc2[nH]1. The highest BCUT2D eigenvalue weighted by molar-refractivity contribution is 6.00. The van der Waals surface area contributed by atoms with E-state index < -0.39 is 0 Å². The lowest BCUT2D eigenvalue weighted by Crippen LogP contribution is -1.93. The van der Waals surface area contributed by atoms with Crippen LogP contribution in [0.1, 0.15) is 12.6 Å². The topological polar surface area (TPSA) is 48.4 Å². The molecule has 2 aromatic rings. The van der Waals surface area contributed by atoms with Gasteiger partial charge in [-0.1, -0.05) is 23.4 Å². The van der Waals surface area contributed by atoms with Crippen molar-refractivity contribution in [1.29, 1.82) is 0 Å². The second-order valence-corrected chi connectivity index (χ2v) is 2.96. The number of aromatic nitrogens is 1. The Kier molecular flexibility index (Phi) is 1.77. The van der Waals surface area contributed by atoms with E-state index in [4.69, 9.17) is 5.21 Å². The summed E-state index contributed by atoms with van der Waals surface area (Å²) >= 11 is 0. The van der Waals surface area contributed by atoms with Gasteiger partial charge in [0.2, 0.25) is 0 Å². The molecule has 1 aromatic heterocycles. The molecule has 1 heterocycles. The van der Waals surface area contributed by atoms with Crippen molar-refractivity contribution >= 4 is 16.6 Å². The van der Waals surface area contributed by atoms with Crippen LogP contribution >= 0.6 is 0 Å². The van der Waals surface area contributed by atoms with Gasteiger partial charge in [-0.25, -0.2) is 0 Å². The number of hydrogen-bond donors (Lipinski definition) is 2. The number of nitrogens with zero attached hydrogens (tertiary/aromatic N) is 1. The van der Waals surface area contributed by atoms with E-state index in [1.54, 1.807) is 6.92 Å². The molecule has 0 aliphatic rings. The summed E-state index contributed by atoms with van der Waals surface area (Å²) in [6.45, 7) is 1.75. The van der Waals surface area contributed by atoms with Gasteiger partial charge in [-0.2, -0.15) is 0 Å². The molecule has 13 heavy (non-hydrogen) atoms. The zero-order chi connectivity index (χ0) is 9.26. The Morgan fingerprint density at radius 1 is 1.38 bits per heavy atom. The van der Waals surface area contributed by atoms with Gasteiger partial charge in [0.25, 0.3) is 0 Å². The molecule has 0 saturated heterocycles. The minimum Gasteiger partial charge on any atom is -0.411 e. The number of benzene rings is 1. The molecule has 0 bridgehead atoms. The first-order valence-corrected chi connectivity index (χ1v) is 4.08. The lowest BCUT2D eigenvalue weighted by atomic mass is 10.2. The predicted molar refractivity (Wildman–Crippen MR) is 52.3 cm³/mol. The third-order valence-electron chi connectivity index (χ3n) is 2.07. The van der Waals surface area contributed by atoms with E-state index in [0.29, 0.717) is 5.71 Å². The maximum absolute atomic E-state index is 8.58. The summed E-state index contributed by atoms with van der Waals surface area (Å²) in [7, 11) is 0. The van der Waals surface area contributed by atoms with E-state index in [1.165, 1.54) is 0 Å². The third-order valence-corrected chi connectivity index (χ3v) is 2.07. The Morgan fingerprint density at radius 2 is 2.15 bits per heavy atom. The zero-order valence-corrected chi connectivity index (χ0v) is 7.28. The molecule has 66 valence electrons. The van der Waals surface area contributed by atoms with Crippen LogP contribution in [0, 0.1) is 0 Å². The summed E-state index contributed by atoms with van der Waals surface area (Å²) in [6, 6.07) is 9.91. The molecule has 3 heteroatoms. The van der Waals surface area contributed by atoms with Crippen molar-refractivity contribution in [1.82, 2.24) is 4.98 Å². The lowest BCUT2D eigenvalue weighted by molar-refractivity contribution is 0.319. The molecule has 0 fully saturated rings. The highest BCUT2D eigenvalue weighted by Gasteiger charge is 2.01. The first kappa shape index (κ1) is 7.86. The van der Waals surface area contributed by atoms with Crippen LogP contribution in [0.2, 0.25) is 0 Å². The number of oxime groups is 1. The van der Waals surface area contributed by atoms with E-state index in [0.717, 1.165) is 16.6 Å². The molecule has 0 unspecified atom stereocenters. The summed E-state index contributed by atoms with van der Waals surface area (Å²) in [6.07, 6.45) is 0. The fraction of sp³-hybridized carbons (Fsp3) is 0.100. The second-order valence-electron chi connectivity index (χ2n) is 2.96. The smallest absolute Gasteiger partial charge is 0.0999 e. The van der Waals surface area contributed by atoms with Gasteiger partial charge < -0.3 is 10.2 Å². The zero-order valence-electron chi connectivity index (χ0n) is 7.28. The van der Waals surface area contributed by atoms with Gasteiger partial charge in [0, 0.05) is 10.9 Å². The maximum atomic E-state index is 8.58. The van der Waals surface area contributed by atoms with Crippen molar-refractivity contribution in [2.45, 2.75) is 6.92 Å². The van der Waals surface area contributed by atoms with Crippen LogP contribution in [0.15, 0.2) is 35.5 Å². The Labute approximate surface area is 75.7 Å². The number of fused-ring (bicyclic) bond motifs is 1. The Hall–Kier alpha value is -1.77. The highest BCUT2D eigenvalue weighted by atomic mass is 16.4. The van der Waals surface area contributed by atoms with E-state index in [1.807, 2.05) is 30.3 Å². The maximum Gasteiger partial charge on any atom is 0.0999 e. The van der Waals surface area contributed by atoms with Gasteiger partial charge in [-0.05, 0) is 19.1 Å². The summed E-state index contributed by atoms with van der Waals surface area (Å²) in [5.41, 5.74) is 2.50. The van der Waals surface area contributed by atoms with E-state index in [9.17, 15) is 0 Å². The van der Waals surface area contributed by atoms with Crippen LogP contribution in [-0.2, 0) is 0 Å². The van der Waals surface area contributed by atoms with Crippen molar-refractivity contribution < 1.29 is 5.21 Å². The molecule has 0 amide bonds. The van der Waals surface area contributed by atoms with Crippen molar-refractivity contribution in [3.8, 4) is 0 Å². The Morgan fingerprint density at radius 3 is 2.85 bits per heavy atom. The first-order chi connectivity index (χ1) is 6.31. The summed E-state index contributed by atoms with van der Waals surface area (Å²) in [5.74, 6) is 0. The average molecular weight is 174 g/mol.